The van der Waals surface area contributed by atoms with Gasteiger partial charge in [0, 0.05) is 4.90 Å². The zero-order valence-electron chi connectivity index (χ0n) is 10.1. The van der Waals surface area contributed by atoms with E-state index in [-0.39, 0.29) is 16.4 Å². The molecule has 0 saturated heterocycles. The molecule has 0 fully saturated rings. The molecule has 0 radical (unpaired) electrons. The number of hydrogen-bond donors (Lipinski definition) is 0. The monoisotopic (exact) mass is 256 g/mol. The number of aryl methyl sites for hydroxylation is 2. The molecule has 0 saturated carbocycles. The van der Waals surface area contributed by atoms with Crippen molar-refractivity contribution in [1.29, 1.82) is 0 Å². The molecule has 3 heteroatoms. The Morgan fingerprint density at radius 3 is 2.38 bits per heavy atom. The van der Waals surface area contributed by atoms with E-state index in [2.05, 4.69) is 32.0 Å². The summed E-state index contributed by atoms with van der Waals surface area (Å²) in [6.45, 7) is 8.16. The maximum Gasteiger partial charge on any atom is 0.235 e. The van der Waals surface area contributed by atoms with E-state index in [0.29, 0.717) is 0 Å². The van der Waals surface area contributed by atoms with Crippen molar-refractivity contribution in [2.24, 2.45) is 5.92 Å². The topological polar surface area (TPSA) is 17.1 Å². The molecule has 0 heterocycles. The molecule has 1 aromatic rings. The van der Waals surface area contributed by atoms with Gasteiger partial charge >= 0.3 is 0 Å². The summed E-state index contributed by atoms with van der Waals surface area (Å²) in [5.74, 6) is 0.246. The zero-order chi connectivity index (χ0) is 12.3. The first-order valence-corrected chi connectivity index (χ1v) is 6.61. The summed E-state index contributed by atoms with van der Waals surface area (Å²) in [5.41, 5.74) is 2.44. The van der Waals surface area contributed by atoms with Crippen molar-refractivity contribution in [1.82, 2.24) is 0 Å². The lowest BCUT2D eigenvalue weighted by molar-refractivity contribution is -0.111. The van der Waals surface area contributed by atoms with Gasteiger partial charge in [0.15, 0.2) is 0 Å². The molecule has 1 nitrogen and oxygen atoms in total. The Hall–Kier alpha value is -0.470. The van der Waals surface area contributed by atoms with Crippen LogP contribution >= 0.6 is 23.4 Å². The first-order chi connectivity index (χ1) is 7.41. The highest BCUT2D eigenvalue weighted by atomic mass is 35.5. The molecule has 88 valence electrons. The molecule has 1 rings (SSSR count). The Morgan fingerprint density at radius 2 is 1.94 bits per heavy atom. The lowest BCUT2D eigenvalue weighted by Gasteiger charge is -2.17. The first kappa shape index (κ1) is 13.6. The van der Waals surface area contributed by atoms with E-state index in [1.54, 1.807) is 11.8 Å². The minimum atomic E-state index is -0.264. The maximum atomic E-state index is 11.3. The van der Waals surface area contributed by atoms with Crippen molar-refractivity contribution in [3.8, 4) is 0 Å². The Kier molecular flexibility index (Phi) is 4.88. The fourth-order valence-corrected chi connectivity index (χ4v) is 2.93. The van der Waals surface area contributed by atoms with Crippen LogP contribution in [0.25, 0.3) is 0 Å². The molecule has 0 bridgehead atoms. The smallest absolute Gasteiger partial charge is 0.235 e. The van der Waals surface area contributed by atoms with Crippen LogP contribution in [0, 0.1) is 19.8 Å². The molecule has 16 heavy (non-hydrogen) atoms. The van der Waals surface area contributed by atoms with Gasteiger partial charge in [-0.15, -0.1) is 11.8 Å². The molecule has 0 amide bonds. The predicted molar refractivity (Wildman–Crippen MR) is 71.3 cm³/mol. The minimum absolute atomic E-state index is 0.164. The van der Waals surface area contributed by atoms with Gasteiger partial charge in [-0.05, 0) is 43.0 Å². The highest BCUT2D eigenvalue weighted by molar-refractivity contribution is 8.00. The van der Waals surface area contributed by atoms with Crippen molar-refractivity contribution in [3.05, 3.63) is 29.3 Å². The van der Waals surface area contributed by atoms with E-state index < -0.39 is 0 Å². The first-order valence-electron chi connectivity index (χ1n) is 5.35. The Labute approximate surface area is 107 Å². The number of carbonyl (C=O) groups is 1. The molecule has 0 aliphatic carbocycles. The second-order valence-electron chi connectivity index (χ2n) is 4.36. The largest absolute Gasteiger partial charge is 0.280 e. The summed E-state index contributed by atoms with van der Waals surface area (Å²) in [7, 11) is 0. The van der Waals surface area contributed by atoms with Gasteiger partial charge in [0.05, 0.1) is 5.25 Å². The molecule has 0 aliphatic heterocycles. The van der Waals surface area contributed by atoms with Gasteiger partial charge in [-0.1, -0.05) is 31.5 Å². The van der Waals surface area contributed by atoms with Crippen LogP contribution in [0.1, 0.15) is 25.0 Å². The van der Waals surface area contributed by atoms with E-state index in [4.69, 9.17) is 11.6 Å². The van der Waals surface area contributed by atoms with Gasteiger partial charge in [-0.3, -0.25) is 4.79 Å². The fraction of sp³-hybridized carbons (Fsp3) is 0.462. The maximum absolute atomic E-state index is 11.3. The fourth-order valence-electron chi connectivity index (χ4n) is 1.51. The molecular weight excluding hydrogens is 240 g/mol. The summed E-state index contributed by atoms with van der Waals surface area (Å²) in [4.78, 5) is 12.4. The Balaban J connectivity index is 2.90. The van der Waals surface area contributed by atoms with E-state index in [1.807, 2.05) is 13.8 Å². The minimum Gasteiger partial charge on any atom is -0.280 e. The van der Waals surface area contributed by atoms with Gasteiger partial charge in [0.25, 0.3) is 0 Å². The summed E-state index contributed by atoms with van der Waals surface area (Å²) in [5, 5.41) is -0.428. The lowest BCUT2D eigenvalue weighted by atomic mass is 10.1. The molecule has 0 aromatic heterocycles. The van der Waals surface area contributed by atoms with E-state index in [0.717, 1.165) is 4.90 Å². The van der Waals surface area contributed by atoms with Crippen LogP contribution in [0.2, 0.25) is 0 Å². The van der Waals surface area contributed by atoms with Crippen LogP contribution in [-0.4, -0.2) is 10.5 Å². The molecule has 0 spiro atoms. The highest BCUT2D eigenvalue weighted by Crippen LogP contribution is 2.32. The molecule has 1 unspecified atom stereocenters. The third-order valence-corrected chi connectivity index (χ3v) is 4.50. The van der Waals surface area contributed by atoms with Crippen molar-refractivity contribution < 1.29 is 4.79 Å². The van der Waals surface area contributed by atoms with E-state index in [9.17, 15) is 4.79 Å². The lowest BCUT2D eigenvalue weighted by Crippen LogP contribution is -2.18. The quantitative estimate of drug-likeness (QED) is 0.594. The van der Waals surface area contributed by atoms with Crippen molar-refractivity contribution in [3.63, 3.8) is 0 Å². The van der Waals surface area contributed by atoms with Crippen LogP contribution < -0.4 is 0 Å². The van der Waals surface area contributed by atoms with Gasteiger partial charge < -0.3 is 0 Å². The summed E-state index contributed by atoms with van der Waals surface area (Å²) < 4.78 is 0. The molecule has 1 atom stereocenters. The summed E-state index contributed by atoms with van der Waals surface area (Å²) in [6, 6.07) is 6.24. The zero-order valence-corrected chi connectivity index (χ0v) is 11.7. The third kappa shape index (κ3) is 3.53. The van der Waals surface area contributed by atoms with Crippen molar-refractivity contribution in [2.75, 3.05) is 0 Å². The van der Waals surface area contributed by atoms with Gasteiger partial charge in [0.2, 0.25) is 5.24 Å². The van der Waals surface area contributed by atoms with Crippen LogP contribution in [0.4, 0.5) is 0 Å². The highest BCUT2D eigenvalue weighted by Gasteiger charge is 2.22. The average molecular weight is 257 g/mol. The van der Waals surface area contributed by atoms with Crippen LogP contribution in [0.3, 0.4) is 0 Å². The number of halogens is 1. The second-order valence-corrected chi connectivity index (χ2v) is 5.91. The second kappa shape index (κ2) is 5.74. The SMILES string of the molecule is Cc1ccc(SC(C(=O)Cl)C(C)C)c(C)c1. The van der Waals surface area contributed by atoms with E-state index in [1.165, 1.54) is 11.1 Å². The van der Waals surface area contributed by atoms with Gasteiger partial charge in [-0.25, -0.2) is 0 Å². The molecule has 0 N–H and O–H groups in total. The average Bonchev–Trinajstić information content (AvgIpc) is 2.15. The van der Waals surface area contributed by atoms with Crippen LogP contribution in [0.5, 0.6) is 0 Å². The number of carbonyl (C=O) groups excluding carboxylic acids is 1. The van der Waals surface area contributed by atoms with Crippen LogP contribution in [-0.2, 0) is 4.79 Å². The van der Waals surface area contributed by atoms with Gasteiger partial charge in [0.1, 0.15) is 0 Å². The predicted octanol–water partition coefficient (Wildman–Crippen LogP) is 4.19. The molecule has 0 aliphatic rings. The number of thioether (sulfide) groups is 1. The standard InChI is InChI=1S/C13H17ClOS/c1-8(2)12(13(14)15)16-11-6-5-9(3)7-10(11)4/h5-8,12H,1-4H3. The summed E-state index contributed by atoms with van der Waals surface area (Å²) >= 11 is 7.17. The van der Waals surface area contributed by atoms with Crippen molar-refractivity contribution in [2.45, 2.75) is 37.8 Å². The number of rotatable bonds is 4. The van der Waals surface area contributed by atoms with Crippen LogP contribution in [0.15, 0.2) is 23.1 Å². The van der Waals surface area contributed by atoms with E-state index >= 15 is 0 Å². The Bertz CT molecular complexity index is 388. The molecular formula is C13H17ClOS. The Morgan fingerprint density at radius 1 is 1.31 bits per heavy atom. The molecule has 1 aromatic carbocycles. The van der Waals surface area contributed by atoms with Gasteiger partial charge in [-0.2, -0.15) is 0 Å². The number of hydrogen-bond acceptors (Lipinski definition) is 2. The summed E-state index contributed by atoms with van der Waals surface area (Å²) in [6.07, 6.45) is 0. The number of benzene rings is 1. The normalized spacial score (nSPS) is 12.9. The third-order valence-electron chi connectivity index (χ3n) is 2.41. The van der Waals surface area contributed by atoms with Crippen molar-refractivity contribution >= 4 is 28.6 Å².